The Kier molecular flexibility index (Phi) is 4.69. The van der Waals surface area contributed by atoms with Crippen molar-refractivity contribution < 1.29 is 10.2 Å². The first kappa shape index (κ1) is 13.4. The van der Waals surface area contributed by atoms with Gasteiger partial charge in [0.25, 0.3) is 0 Å². The van der Waals surface area contributed by atoms with Crippen molar-refractivity contribution in [3.63, 3.8) is 0 Å². The third-order valence-electron chi connectivity index (χ3n) is 2.43. The van der Waals surface area contributed by atoms with Crippen molar-refractivity contribution in [1.82, 2.24) is 0 Å². The lowest BCUT2D eigenvalue weighted by Crippen LogP contribution is -2.14. The molecule has 2 unspecified atom stereocenters. The molecule has 90 valence electrons. The number of phenolic OH excluding ortho intramolecular Hbond substituents is 1. The van der Waals surface area contributed by atoms with Crippen LogP contribution in [0.25, 0.3) is 0 Å². The Labute approximate surface area is 102 Å². The number of aromatic hydroxyl groups is 1. The molecule has 1 aromatic carbocycles. The second-order valence-corrected chi connectivity index (χ2v) is 6.08. The molecule has 0 saturated heterocycles. The van der Waals surface area contributed by atoms with E-state index in [1.54, 1.807) is 18.7 Å². The molecule has 16 heavy (non-hydrogen) atoms. The molecule has 1 rings (SSSR count). The molecule has 0 amide bonds. The Morgan fingerprint density at radius 1 is 1.19 bits per heavy atom. The zero-order valence-electron chi connectivity index (χ0n) is 10.3. The molecule has 0 fully saturated rings. The molecule has 2 N–H and O–H groups in total. The maximum absolute atomic E-state index is 10.0. The van der Waals surface area contributed by atoms with Gasteiger partial charge in [0.1, 0.15) is 5.75 Å². The Balaban J connectivity index is 3.06. The van der Waals surface area contributed by atoms with E-state index in [9.17, 15) is 10.2 Å². The van der Waals surface area contributed by atoms with E-state index in [0.717, 1.165) is 11.1 Å². The number of aliphatic hydroxyl groups is 1. The molecule has 1 aromatic rings. The van der Waals surface area contributed by atoms with Gasteiger partial charge in [-0.1, -0.05) is 32.0 Å². The summed E-state index contributed by atoms with van der Waals surface area (Å²) in [4.78, 5) is 0. The van der Waals surface area contributed by atoms with Gasteiger partial charge in [0, 0.05) is 5.56 Å². The number of phenols is 1. The van der Waals surface area contributed by atoms with Crippen LogP contribution in [0, 0.1) is 6.92 Å². The summed E-state index contributed by atoms with van der Waals surface area (Å²) in [5.74, 6) is 0.307. The van der Waals surface area contributed by atoms with Crippen molar-refractivity contribution in [2.75, 3.05) is 0 Å². The van der Waals surface area contributed by atoms with E-state index in [-0.39, 0.29) is 5.25 Å². The third-order valence-corrected chi connectivity index (χ3v) is 3.92. The Morgan fingerprint density at radius 2 is 1.81 bits per heavy atom. The number of benzene rings is 1. The third kappa shape index (κ3) is 3.16. The minimum Gasteiger partial charge on any atom is -0.507 e. The van der Waals surface area contributed by atoms with Gasteiger partial charge in [-0.25, -0.2) is 0 Å². The second-order valence-electron chi connectivity index (χ2n) is 4.36. The van der Waals surface area contributed by atoms with Gasteiger partial charge in [0.15, 0.2) is 0 Å². The molecule has 0 aliphatic heterocycles. The summed E-state index contributed by atoms with van der Waals surface area (Å²) < 4.78 is 0. The topological polar surface area (TPSA) is 40.5 Å². The molecule has 3 heteroatoms. The standard InChI is InChI=1S/C13H20O2S/c1-8(2)16-13(10(4)14)11-7-5-6-9(3)12(11)15/h5-8,10,13-15H,1-4H3. The summed E-state index contributed by atoms with van der Waals surface area (Å²) in [5, 5.41) is 20.1. The Hall–Kier alpha value is -0.670. The normalized spacial score (nSPS) is 15.1. The van der Waals surface area contributed by atoms with Crippen LogP contribution in [-0.4, -0.2) is 21.6 Å². The van der Waals surface area contributed by atoms with Gasteiger partial charge in [-0.2, -0.15) is 0 Å². The highest BCUT2D eigenvalue weighted by Crippen LogP contribution is 2.40. The van der Waals surface area contributed by atoms with Crippen molar-refractivity contribution in [2.45, 2.75) is 44.3 Å². The van der Waals surface area contributed by atoms with Gasteiger partial charge in [0.05, 0.1) is 11.4 Å². The van der Waals surface area contributed by atoms with Crippen LogP contribution >= 0.6 is 11.8 Å². The molecule has 0 heterocycles. The van der Waals surface area contributed by atoms with Crippen LogP contribution in [0.3, 0.4) is 0 Å². The maximum atomic E-state index is 10.0. The van der Waals surface area contributed by atoms with Crippen molar-refractivity contribution in [1.29, 1.82) is 0 Å². The number of hydrogen-bond acceptors (Lipinski definition) is 3. The SMILES string of the molecule is Cc1cccc(C(SC(C)C)C(C)O)c1O. The molecule has 0 aliphatic rings. The predicted octanol–water partition coefficient (Wildman–Crippen LogP) is 3.26. The summed E-state index contributed by atoms with van der Waals surface area (Å²) in [6.45, 7) is 7.82. The molecule has 0 spiro atoms. The number of para-hydroxylation sites is 1. The molecule has 0 saturated carbocycles. The molecule has 2 nitrogen and oxygen atoms in total. The van der Waals surface area contributed by atoms with Crippen LogP contribution in [0.2, 0.25) is 0 Å². The van der Waals surface area contributed by atoms with E-state index in [0.29, 0.717) is 11.0 Å². The van der Waals surface area contributed by atoms with Gasteiger partial charge in [-0.3, -0.25) is 0 Å². The minimum absolute atomic E-state index is 0.0695. The van der Waals surface area contributed by atoms with Crippen LogP contribution in [0.5, 0.6) is 5.75 Å². The van der Waals surface area contributed by atoms with Crippen molar-refractivity contribution in [2.24, 2.45) is 0 Å². The summed E-state index contributed by atoms with van der Waals surface area (Å²) in [7, 11) is 0. The van der Waals surface area contributed by atoms with Gasteiger partial charge in [-0.05, 0) is 24.7 Å². The van der Waals surface area contributed by atoms with Crippen LogP contribution in [0.15, 0.2) is 18.2 Å². The first-order valence-corrected chi connectivity index (χ1v) is 6.49. The zero-order valence-corrected chi connectivity index (χ0v) is 11.1. The van der Waals surface area contributed by atoms with Crippen LogP contribution in [0.4, 0.5) is 0 Å². The van der Waals surface area contributed by atoms with Gasteiger partial charge in [0.2, 0.25) is 0 Å². The second kappa shape index (κ2) is 5.60. The largest absolute Gasteiger partial charge is 0.507 e. The van der Waals surface area contributed by atoms with E-state index in [4.69, 9.17) is 0 Å². The molecule has 0 aromatic heterocycles. The highest BCUT2D eigenvalue weighted by atomic mass is 32.2. The first-order chi connectivity index (χ1) is 7.43. The molecule has 0 aliphatic carbocycles. The fraction of sp³-hybridized carbons (Fsp3) is 0.538. The summed E-state index contributed by atoms with van der Waals surface area (Å²) in [5.41, 5.74) is 1.68. The predicted molar refractivity (Wildman–Crippen MR) is 70.0 cm³/mol. The fourth-order valence-electron chi connectivity index (χ4n) is 1.65. The zero-order chi connectivity index (χ0) is 12.3. The molecular weight excluding hydrogens is 220 g/mol. The van der Waals surface area contributed by atoms with Gasteiger partial charge in [-0.15, -0.1) is 11.8 Å². The smallest absolute Gasteiger partial charge is 0.122 e. The van der Waals surface area contributed by atoms with E-state index < -0.39 is 6.10 Å². The quantitative estimate of drug-likeness (QED) is 0.848. The molecule has 0 radical (unpaired) electrons. The monoisotopic (exact) mass is 240 g/mol. The van der Waals surface area contributed by atoms with E-state index >= 15 is 0 Å². The van der Waals surface area contributed by atoms with Crippen LogP contribution in [0.1, 0.15) is 37.1 Å². The van der Waals surface area contributed by atoms with Gasteiger partial charge >= 0.3 is 0 Å². The maximum Gasteiger partial charge on any atom is 0.122 e. The van der Waals surface area contributed by atoms with Crippen molar-refractivity contribution >= 4 is 11.8 Å². The summed E-state index contributed by atoms with van der Waals surface area (Å²) >= 11 is 1.67. The lowest BCUT2D eigenvalue weighted by atomic mass is 10.0. The van der Waals surface area contributed by atoms with Crippen LogP contribution in [-0.2, 0) is 0 Å². The lowest BCUT2D eigenvalue weighted by molar-refractivity contribution is 0.190. The Bertz CT molecular complexity index is 348. The molecule has 0 bridgehead atoms. The van der Waals surface area contributed by atoms with Crippen molar-refractivity contribution in [3.05, 3.63) is 29.3 Å². The van der Waals surface area contributed by atoms with E-state index in [1.165, 1.54) is 0 Å². The molecular formula is C13H20O2S. The highest BCUT2D eigenvalue weighted by molar-refractivity contribution is 8.00. The number of aryl methyl sites for hydroxylation is 1. The number of thioether (sulfide) groups is 1. The number of rotatable bonds is 4. The van der Waals surface area contributed by atoms with Crippen LogP contribution < -0.4 is 0 Å². The summed E-state index contributed by atoms with van der Waals surface area (Å²) in [6, 6.07) is 5.67. The van der Waals surface area contributed by atoms with E-state index in [2.05, 4.69) is 13.8 Å². The number of aliphatic hydroxyl groups excluding tert-OH is 1. The lowest BCUT2D eigenvalue weighted by Gasteiger charge is -2.23. The highest BCUT2D eigenvalue weighted by Gasteiger charge is 2.22. The minimum atomic E-state index is -0.472. The van der Waals surface area contributed by atoms with Crippen molar-refractivity contribution in [3.8, 4) is 5.75 Å². The van der Waals surface area contributed by atoms with Gasteiger partial charge < -0.3 is 10.2 Å². The van der Waals surface area contributed by atoms with E-state index in [1.807, 2.05) is 25.1 Å². The average molecular weight is 240 g/mol. The summed E-state index contributed by atoms with van der Waals surface area (Å²) in [6.07, 6.45) is -0.472. The molecule has 2 atom stereocenters. The first-order valence-electron chi connectivity index (χ1n) is 5.55. The Morgan fingerprint density at radius 3 is 2.31 bits per heavy atom. The number of hydrogen-bond donors (Lipinski definition) is 2. The fourth-order valence-corrected chi connectivity index (χ4v) is 2.80. The average Bonchev–Trinajstić information content (AvgIpc) is 2.18.